The molecule has 21 heavy (non-hydrogen) atoms. The van der Waals surface area contributed by atoms with Gasteiger partial charge in [-0.25, -0.2) is 4.98 Å². The molecule has 1 heterocycles. The van der Waals surface area contributed by atoms with Crippen LogP contribution in [0.25, 0.3) is 0 Å². The van der Waals surface area contributed by atoms with Crippen LogP contribution in [-0.4, -0.2) is 11.5 Å². The van der Waals surface area contributed by atoms with Gasteiger partial charge in [-0.15, -0.1) is 11.3 Å². The van der Waals surface area contributed by atoms with Crippen LogP contribution in [0, 0.1) is 0 Å². The fraction of sp³-hybridized carbons (Fsp3) is 0.500. The van der Waals surface area contributed by atoms with Gasteiger partial charge in [0.25, 0.3) is 0 Å². The van der Waals surface area contributed by atoms with E-state index in [0.717, 1.165) is 6.54 Å². The second kappa shape index (κ2) is 5.22. The van der Waals surface area contributed by atoms with Gasteiger partial charge in [-0.3, -0.25) is 0 Å². The minimum atomic E-state index is 0.197. The Hall–Kier alpha value is -1.19. The zero-order chi connectivity index (χ0) is 14.3. The van der Waals surface area contributed by atoms with Crippen LogP contribution < -0.4 is 5.73 Å². The minimum absolute atomic E-state index is 0.197. The third-order valence-electron chi connectivity index (χ3n) is 5.30. The summed E-state index contributed by atoms with van der Waals surface area (Å²) in [6.07, 6.45) is 7.50. The van der Waals surface area contributed by atoms with Gasteiger partial charge in [0.2, 0.25) is 0 Å². The highest BCUT2D eigenvalue weighted by atomic mass is 32.1. The highest BCUT2D eigenvalue weighted by Gasteiger charge is 2.43. The second-order valence-corrected chi connectivity index (χ2v) is 7.54. The SMILES string of the molecule is NCC1CCCc2sc(C3(c4ccccc4)CCC3)nc21. The van der Waals surface area contributed by atoms with Gasteiger partial charge in [-0.2, -0.15) is 0 Å². The summed E-state index contributed by atoms with van der Waals surface area (Å²) in [5.41, 5.74) is 8.93. The van der Waals surface area contributed by atoms with E-state index in [0.29, 0.717) is 5.92 Å². The summed E-state index contributed by atoms with van der Waals surface area (Å²) < 4.78 is 0. The highest BCUT2D eigenvalue weighted by Crippen LogP contribution is 2.51. The largest absolute Gasteiger partial charge is 0.330 e. The lowest BCUT2D eigenvalue weighted by Gasteiger charge is -2.40. The molecule has 2 aliphatic rings. The lowest BCUT2D eigenvalue weighted by Crippen LogP contribution is -2.35. The van der Waals surface area contributed by atoms with Crippen molar-refractivity contribution in [3.05, 3.63) is 51.5 Å². The minimum Gasteiger partial charge on any atom is -0.330 e. The average molecular weight is 298 g/mol. The number of hydrogen-bond acceptors (Lipinski definition) is 3. The third-order valence-corrected chi connectivity index (χ3v) is 6.63. The predicted octanol–water partition coefficient (Wildman–Crippen LogP) is 3.99. The number of benzene rings is 1. The molecule has 0 bridgehead atoms. The summed E-state index contributed by atoms with van der Waals surface area (Å²) >= 11 is 1.97. The van der Waals surface area contributed by atoms with Crippen molar-refractivity contribution >= 4 is 11.3 Å². The van der Waals surface area contributed by atoms with E-state index in [2.05, 4.69) is 30.3 Å². The highest BCUT2D eigenvalue weighted by molar-refractivity contribution is 7.12. The van der Waals surface area contributed by atoms with Crippen LogP contribution in [0.3, 0.4) is 0 Å². The van der Waals surface area contributed by atoms with Crippen molar-refractivity contribution in [3.8, 4) is 0 Å². The van der Waals surface area contributed by atoms with Crippen molar-refractivity contribution in [2.75, 3.05) is 6.54 Å². The van der Waals surface area contributed by atoms with E-state index in [-0.39, 0.29) is 5.41 Å². The molecule has 1 aromatic heterocycles. The molecule has 0 amide bonds. The molecule has 1 atom stereocenters. The summed E-state index contributed by atoms with van der Waals surface area (Å²) in [7, 11) is 0. The van der Waals surface area contributed by atoms with Crippen LogP contribution in [0.1, 0.15) is 59.2 Å². The number of nitrogens with two attached hydrogens (primary N) is 1. The Balaban J connectivity index is 1.77. The predicted molar refractivity (Wildman–Crippen MR) is 87.9 cm³/mol. The Kier molecular flexibility index (Phi) is 3.35. The molecule has 0 spiro atoms. The zero-order valence-electron chi connectivity index (χ0n) is 12.3. The van der Waals surface area contributed by atoms with E-state index < -0.39 is 0 Å². The van der Waals surface area contributed by atoms with Crippen LogP contribution >= 0.6 is 11.3 Å². The first-order chi connectivity index (χ1) is 10.3. The van der Waals surface area contributed by atoms with Gasteiger partial charge in [-0.1, -0.05) is 36.8 Å². The lowest BCUT2D eigenvalue weighted by atomic mass is 9.65. The first-order valence-electron chi connectivity index (χ1n) is 8.09. The number of rotatable bonds is 3. The Morgan fingerprint density at radius 1 is 1.19 bits per heavy atom. The summed E-state index contributed by atoms with van der Waals surface area (Å²) in [6.45, 7) is 0.745. The van der Waals surface area contributed by atoms with Crippen molar-refractivity contribution in [1.82, 2.24) is 4.98 Å². The molecule has 3 heteroatoms. The van der Waals surface area contributed by atoms with Crippen LogP contribution in [0.4, 0.5) is 0 Å². The molecule has 2 aliphatic carbocycles. The number of nitrogens with zero attached hydrogens (tertiary/aromatic N) is 1. The standard InChI is InChI=1S/C18H22N2S/c19-12-13-6-4-9-15-16(13)20-17(21-15)18(10-5-11-18)14-7-2-1-3-8-14/h1-3,7-8,13H,4-6,9-12,19H2. The van der Waals surface area contributed by atoms with Gasteiger partial charge in [0, 0.05) is 22.8 Å². The van der Waals surface area contributed by atoms with Crippen LogP contribution in [0.2, 0.25) is 0 Å². The molecule has 2 aromatic rings. The van der Waals surface area contributed by atoms with Crippen molar-refractivity contribution < 1.29 is 0 Å². The summed E-state index contributed by atoms with van der Waals surface area (Å²) in [5.74, 6) is 0.492. The van der Waals surface area contributed by atoms with Crippen molar-refractivity contribution in [2.45, 2.75) is 49.9 Å². The number of fused-ring (bicyclic) bond motifs is 1. The molecule has 0 saturated heterocycles. The smallest absolute Gasteiger partial charge is 0.104 e. The molecule has 0 aliphatic heterocycles. The molecule has 110 valence electrons. The molecule has 2 N–H and O–H groups in total. The van der Waals surface area contributed by atoms with Gasteiger partial charge < -0.3 is 5.73 Å². The van der Waals surface area contributed by atoms with Gasteiger partial charge in [-0.05, 0) is 37.7 Å². The molecule has 1 saturated carbocycles. The van der Waals surface area contributed by atoms with E-state index in [4.69, 9.17) is 10.7 Å². The topological polar surface area (TPSA) is 38.9 Å². The normalized spacial score (nSPS) is 23.4. The van der Waals surface area contributed by atoms with E-state index in [1.807, 2.05) is 11.3 Å². The molecular formula is C18H22N2S. The molecule has 1 aromatic carbocycles. The van der Waals surface area contributed by atoms with Gasteiger partial charge >= 0.3 is 0 Å². The average Bonchev–Trinajstić information content (AvgIpc) is 2.91. The van der Waals surface area contributed by atoms with E-state index >= 15 is 0 Å². The van der Waals surface area contributed by atoms with Gasteiger partial charge in [0.1, 0.15) is 5.01 Å². The maximum Gasteiger partial charge on any atom is 0.104 e. The van der Waals surface area contributed by atoms with Crippen LogP contribution in [0.5, 0.6) is 0 Å². The molecule has 1 unspecified atom stereocenters. The van der Waals surface area contributed by atoms with Gasteiger partial charge in [0.05, 0.1) is 5.69 Å². The van der Waals surface area contributed by atoms with Gasteiger partial charge in [0.15, 0.2) is 0 Å². The Bertz CT molecular complexity index is 628. The Morgan fingerprint density at radius 2 is 2.00 bits per heavy atom. The number of aromatic nitrogens is 1. The first-order valence-corrected chi connectivity index (χ1v) is 8.91. The summed E-state index contributed by atoms with van der Waals surface area (Å²) in [6, 6.07) is 11.0. The summed E-state index contributed by atoms with van der Waals surface area (Å²) in [5, 5.41) is 1.35. The quantitative estimate of drug-likeness (QED) is 0.930. The van der Waals surface area contributed by atoms with Crippen LogP contribution in [0.15, 0.2) is 30.3 Å². The monoisotopic (exact) mass is 298 g/mol. The van der Waals surface area contributed by atoms with E-state index in [1.165, 1.54) is 59.7 Å². The maximum atomic E-state index is 5.96. The van der Waals surface area contributed by atoms with Crippen molar-refractivity contribution in [2.24, 2.45) is 5.73 Å². The Labute approximate surface area is 130 Å². The maximum absolute atomic E-state index is 5.96. The van der Waals surface area contributed by atoms with Crippen LogP contribution in [-0.2, 0) is 11.8 Å². The molecular weight excluding hydrogens is 276 g/mol. The van der Waals surface area contributed by atoms with Crippen molar-refractivity contribution in [1.29, 1.82) is 0 Å². The van der Waals surface area contributed by atoms with Crippen molar-refractivity contribution in [3.63, 3.8) is 0 Å². The summed E-state index contributed by atoms with van der Waals surface area (Å²) in [4.78, 5) is 6.62. The third kappa shape index (κ3) is 2.06. The molecule has 0 radical (unpaired) electrons. The number of aryl methyl sites for hydroxylation is 1. The Morgan fingerprint density at radius 3 is 2.67 bits per heavy atom. The molecule has 2 nitrogen and oxygen atoms in total. The fourth-order valence-electron chi connectivity index (χ4n) is 3.86. The zero-order valence-corrected chi connectivity index (χ0v) is 13.2. The van der Waals surface area contributed by atoms with E-state index in [1.54, 1.807) is 0 Å². The molecule has 1 fully saturated rings. The second-order valence-electron chi connectivity index (χ2n) is 6.45. The van der Waals surface area contributed by atoms with E-state index in [9.17, 15) is 0 Å². The number of thiazole rings is 1. The lowest BCUT2D eigenvalue weighted by molar-refractivity contribution is 0.299. The fourth-order valence-corrected chi connectivity index (χ4v) is 5.31. The molecule has 4 rings (SSSR count). The number of hydrogen-bond donors (Lipinski definition) is 1. The first kappa shape index (κ1) is 13.5.